The summed E-state index contributed by atoms with van der Waals surface area (Å²) in [6, 6.07) is 3.30. The third-order valence-corrected chi connectivity index (χ3v) is 4.34. The van der Waals surface area contributed by atoms with Gasteiger partial charge in [-0.15, -0.1) is 0 Å². The molecule has 0 aromatic heterocycles. The first kappa shape index (κ1) is 12.3. The van der Waals surface area contributed by atoms with Crippen molar-refractivity contribution in [3.05, 3.63) is 23.3 Å². The molecular weight excluding hydrogens is 244 g/mol. The molecule has 1 aliphatic heterocycles. The second-order valence-electron chi connectivity index (χ2n) is 5.42. The largest absolute Gasteiger partial charge is 0.493 e. The van der Waals surface area contributed by atoms with Crippen LogP contribution in [0.5, 0.6) is 11.5 Å². The maximum atomic E-state index is 11.3. The topological polar surface area (TPSA) is 55.8 Å². The molecule has 1 spiro atoms. The number of aromatic carboxylic acids is 1. The molecule has 1 fully saturated rings. The van der Waals surface area contributed by atoms with E-state index in [0.29, 0.717) is 17.1 Å². The zero-order valence-corrected chi connectivity index (χ0v) is 11.1. The minimum Gasteiger partial charge on any atom is -0.493 e. The van der Waals surface area contributed by atoms with E-state index in [1.165, 1.54) is 12.8 Å². The smallest absolute Gasteiger partial charge is 0.336 e. The number of rotatable bonds is 2. The average Bonchev–Trinajstić information content (AvgIpc) is 2.85. The summed E-state index contributed by atoms with van der Waals surface area (Å²) in [5.74, 6) is 0.395. The Labute approximate surface area is 112 Å². The molecule has 0 unspecified atom stereocenters. The molecule has 1 aliphatic carbocycles. The van der Waals surface area contributed by atoms with E-state index in [9.17, 15) is 9.90 Å². The summed E-state index contributed by atoms with van der Waals surface area (Å²) in [6.07, 6.45) is 6.17. The number of fused-ring (bicyclic) bond motifs is 1. The van der Waals surface area contributed by atoms with E-state index in [0.717, 1.165) is 31.2 Å². The molecule has 4 heteroatoms. The van der Waals surface area contributed by atoms with Gasteiger partial charge in [0.2, 0.25) is 0 Å². The lowest BCUT2D eigenvalue weighted by Crippen LogP contribution is -2.37. The maximum absolute atomic E-state index is 11.3. The van der Waals surface area contributed by atoms with Crippen LogP contribution >= 0.6 is 0 Å². The molecule has 1 aromatic carbocycles. The molecular formula is C15H18O4. The number of benzene rings is 1. The summed E-state index contributed by atoms with van der Waals surface area (Å²) in [6.45, 7) is 0. The van der Waals surface area contributed by atoms with Crippen molar-refractivity contribution in [2.45, 2.75) is 44.1 Å². The van der Waals surface area contributed by atoms with Crippen LogP contribution < -0.4 is 9.47 Å². The van der Waals surface area contributed by atoms with Gasteiger partial charge in [0.1, 0.15) is 5.60 Å². The fraction of sp³-hybridized carbons (Fsp3) is 0.533. The molecule has 4 nitrogen and oxygen atoms in total. The number of ether oxygens (including phenoxy) is 2. The molecule has 2 aliphatic rings. The highest BCUT2D eigenvalue weighted by Gasteiger charge is 2.41. The van der Waals surface area contributed by atoms with Gasteiger partial charge in [0.05, 0.1) is 12.7 Å². The van der Waals surface area contributed by atoms with Crippen LogP contribution in [0.4, 0.5) is 0 Å². The van der Waals surface area contributed by atoms with E-state index < -0.39 is 5.97 Å². The number of carboxylic acid groups (broad SMARTS) is 1. The second kappa shape index (κ2) is 4.44. The van der Waals surface area contributed by atoms with Crippen LogP contribution in [0, 0.1) is 0 Å². The maximum Gasteiger partial charge on any atom is 0.336 e. The van der Waals surface area contributed by atoms with E-state index in [4.69, 9.17) is 9.47 Å². The summed E-state index contributed by atoms with van der Waals surface area (Å²) in [5, 5.41) is 9.26. The lowest BCUT2D eigenvalue weighted by molar-refractivity contribution is 0.0483. The Balaban J connectivity index is 2.06. The Kier molecular flexibility index (Phi) is 2.88. The highest BCUT2D eigenvalue weighted by atomic mass is 16.5. The zero-order valence-electron chi connectivity index (χ0n) is 11.1. The van der Waals surface area contributed by atoms with E-state index in [-0.39, 0.29) is 5.60 Å². The lowest BCUT2D eigenvalue weighted by atomic mass is 9.87. The molecule has 1 heterocycles. The Hall–Kier alpha value is -1.71. The first-order chi connectivity index (χ1) is 9.15. The molecule has 3 rings (SSSR count). The second-order valence-corrected chi connectivity index (χ2v) is 5.42. The highest BCUT2D eigenvalue weighted by Crippen LogP contribution is 2.47. The number of hydrogen-bond donors (Lipinski definition) is 1. The van der Waals surface area contributed by atoms with Gasteiger partial charge in [-0.3, -0.25) is 0 Å². The van der Waals surface area contributed by atoms with Crippen LogP contribution in [-0.2, 0) is 6.42 Å². The van der Waals surface area contributed by atoms with Crippen LogP contribution in [0.1, 0.15) is 48.0 Å². The first-order valence-electron chi connectivity index (χ1n) is 6.77. The molecule has 0 bridgehead atoms. The quantitative estimate of drug-likeness (QED) is 0.890. The minimum atomic E-state index is -0.898. The van der Waals surface area contributed by atoms with Crippen molar-refractivity contribution in [2.75, 3.05) is 7.11 Å². The molecule has 1 saturated carbocycles. The predicted octanol–water partition coefficient (Wildman–Crippen LogP) is 3.03. The van der Waals surface area contributed by atoms with E-state index in [2.05, 4.69) is 0 Å². The molecule has 0 amide bonds. The number of carboxylic acids is 1. The Morgan fingerprint density at radius 2 is 2.05 bits per heavy atom. The monoisotopic (exact) mass is 262 g/mol. The zero-order chi connectivity index (χ0) is 13.5. The van der Waals surface area contributed by atoms with Crippen LogP contribution in [0.25, 0.3) is 0 Å². The van der Waals surface area contributed by atoms with Crippen LogP contribution in [0.3, 0.4) is 0 Å². The Morgan fingerprint density at radius 1 is 1.32 bits per heavy atom. The van der Waals surface area contributed by atoms with Crippen molar-refractivity contribution < 1.29 is 19.4 Å². The Morgan fingerprint density at radius 3 is 2.68 bits per heavy atom. The van der Waals surface area contributed by atoms with Crippen LogP contribution in [0.2, 0.25) is 0 Å². The standard InChI is InChI=1S/C15H18O4/c1-18-12-5-4-11(14(16)17)10-6-9-15(19-13(10)12)7-2-3-8-15/h4-5H,2-3,6-9H2,1H3,(H,16,17). The number of hydrogen-bond acceptors (Lipinski definition) is 3. The molecule has 102 valence electrons. The molecule has 0 radical (unpaired) electrons. The number of carbonyl (C=O) groups is 1. The van der Waals surface area contributed by atoms with Crippen molar-refractivity contribution in [2.24, 2.45) is 0 Å². The van der Waals surface area contributed by atoms with Gasteiger partial charge in [-0.25, -0.2) is 4.79 Å². The van der Waals surface area contributed by atoms with Crippen molar-refractivity contribution >= 4 is 5.97 Å². The summed E-state index contributed by atoms with van der Waals surface area (Å²) in [7, 11) is 1.59. The molecule has 1 N–H and O–H groups in total. The van der Waals surface area contributed by atoms with Gasteiger partial charge in [0, 0.05) is 5.56 Å². The highest BCUT2D eigenvalue weighted by molar-refractivity contribution is 5.91. The van der Waals surface area contributed by atoms with Gasteiger partial charge >= 0.3 is 5.97 Å². The minimum absolute atomic E-state index is 0.0859. The summed E-state index contributed by atoms with van der Waals surface area (Å²) < 4.78 is 11.5. The summed E-state index contributed by atoms with van der Waals surface area (Å²) in [4.78, 5) is 11.3. The SMILES string of the molecule is COc1ccc(C(=O)O)c2c1OC1(CCCC1)CC2. The van der Waals surface area contributed by atoms with Gasteiger partial charge in [-0.2, -0.15) is 0 Å². The van der Waals surface area contributed by atoms with Gasteiger partial charge < -0.3 is 14.6 Å². The van der Waals surface area contributed by atoms with Crippen LogP contribution in [0.15, 0.2) is 12.1 Å². The third kappa shape index (κ3) is 1.95. The van der Waals surface area contributed by atoms with Crippen molar-refractivity contribution in [1.29, 1.82) is 0 Å². The van der Waals surface area contributed by atoms with Gasteiger partial charge in [0.15, 0.2) is 11.5 Å². The average molecular weight is 262 g/mol. The lowest BCUT2D eigenvalue weighted by Gasteiger charge is -2.36. The van der Waals surface area contributed by atoms with Gasteiger partial charge in [0.25, 0.3) is 0 Å². The fourth-order valence-corrected chi connectivity index (χ4v) is 3.32. The Bertz CT molecular complexity index is 515. The molecule has 19 heavy (non-hydrogen) atoms. The van der Waals surface area contributed by atoms with Crippen molar-refractivity contribution in [3.63, 3.8) is 0 Å². The van der Waals surface area contributed by atoms with E-state index in [1.807, 2.05) is 0 Å². The normalized spacial score (nSPS) is 19.8. The predicted molar refractivity (Wildman–Crippen MR) is 70.1 cm³/mol. The molecule has 1 aromatic rings. The van der Waals surface area contributed by atoms with Gasteiger partial charge in [-0.1, -0.05) is 0 Å². The summed E-state index contributed by atoms with van der Waals surface area (Å²) in [5.41, 5.74) is 1.03. The number of methoxy groups -OCH3 is 1. The molecule has 0 atom stereocenters. The third-order valence-electron chi connectivity index (χ3n) is 4.34. The van der Waals surface area contributed by atoms with E-state index in [1.54, 1.807) is 19.2 Å². The van der Waals surface area contributed by atoms with Crippen molar-refractivity contribution in [1.82, 2.24) is 0 Å². The first-order valence-corrected chi connectivity index (χ1v) is 6.77. The van der Waals surface area contributed by atoms with Crippen molar-refractivity contribution in [3.8, 4) is 11.5 Å². The van der Waals surface area contributed by atoms with Crippen LogP contribution in [-0.4, -0.2) is 23.8 Å². The fourth-order valence-electron chi connectivity index (χ4n) is 3.32. The van der Waals surface area contributed by atoms with E-state index >= 15 is 0 Å². The molecule has 0 saturated heterocycles. The van der Waals surface area contributed by atoms with Gasteiger partial charge in [-0.05, 0) is 50.7 Å². The summed E-state index contributed by atoms with van der Waals surface area (Å²) >= 11 is 0.